The number of hydrogen-bond donors (Lipinski definition) is 0. The summed E-state index contributed by atoms with van der Waals surface area (Å²) in [5.41, 5.74) is -0.268. The molecule has 1 unspecified atom stereocenters. The monoisotopic (exact) mass is 265 g/mol. The summed E-state index contributed by atoms with van der Waals surface area (Å²) in [6, 6.07) is 0.117. The second kappa shape index (κ2) is 4.91. The molecule has 0 bridgehead atoms. The fraction of sp³-hybridized carbons (Fsp3) is 0.800. The molecule has 1 amide bonds. The Morgan fingerprint density at radius 1 is 1.42 bits per heavy atom. The summed E-state index contributed by atoms with van der Waals surface area (Å²) in [6.07, 6.45) is 7.28. The van der Waals surface area contributed by atoms with E-state index >= 15 is 0 Å². The van der Waals surface area contributed by atoms with Gasteiger partial charge in [-0.15, -0.1) is 0 Å². The summed E-state index contributed by atoms with van der Waals surface area (Å²) < 4.78 is 11.5. The third-order valence-corrected chi connectivity index (χ3v) is 4.29. The molecule has 106 valence electrons. The number of allylic oxidation sites excluding steroid dienone is 2. The summed E-state index contributed by atoms with van der Waals surface area (Å²) in [6.45, 7) is 6.01. The Hall–Kier alpha value is -0.870. The fourth-order valence-corrected chi connectivity index (χ4v) is 3.38. The quantitative estimate of drug-likeness (QED) is 0.714. The summed E-state index contributed by atoms with van der Waals surface area (Å²) in [5, 5.41) is 0. The van der Waals surface area contributed by atoms with Crippen LogP contribution in [0.1, 0.15) is 33.1 Å². The summed E-state index contributed by atoms with van der Waals surface area (Å²) in [4.78, 5) is 14.6. The van der Waals surface area contributed by atoms with Gasteiger partial charge in [0.15, 0.2) is 0 Å². The average Bonchev–Trinajstić information content (AvgIpc) is 2.97. The van der Waals surface area contributed by atoms with Gasteiger partial charge in [0.25, 0.3) is 0 Å². The van der Waals surface area contributed by atoms with Crippen LogP contribution in [0.25, 0.3) is 0 Å². The second-order valence-electron chi connectivity index (χ2n) is 6.51. The van der Waals surface area contributed by atoms with Gasteiger partial charge in [-0.2, -0.15) is 0 Å². The molecular formula is C15H23NO3. The van der Waals surface area contributed by atoms with Crippen LogP contribution >= 0.6 is 0 Å². The van der Waals surface area contributed by atoms with Crippen LogP contribution < -0.4 is 0 Å². The maximum Gasteiger partial charge on any atom is 0.223 e. The van der Waals surface area contributed by atoms with Crippen LogP contribution in [0.2, 0.25) is 0 Å². The molecular weight excluding hydrogens is 242 g/mol. The predicted octanol–water partition coefficient (Wildman–Crippen LogP) is 1.75. The number of nitrogens with zero attached hydrogens (tertiary/aromatic N) is 1. The van der Waals surface area contributed by atoms with Crippen LogP contribution in [0.3, 0.4) is 0 Å². The number of morpholine rings is 1. The highest BCUT2D eigenvalue weighted by atomic mass is 16.6. The van der Waals surface area contributed by atoms with E-state index in [1.54, 1.807) is 0 Å². The Bertz CT molecular complexity index is 391. The lowest BCUT2D eigenvalue weighted by molar-refractivity contribution is -0.169. The van der Waals surface area contributed by atoms with E-state index in [9.17, 15) is 4.79 Å². The first-order valence-corrected chi connectivity index (χ1v) is 7.27. The van der Waals surface area contributed by atoms with Gasteiger partial charge >= 0.3 is 0 Å². The first-order valence-electron chi connectivity index (χ1n) is 7.27. The molecule has 0 spiro atoms. The maximum absolute atomic E-state index is 12.6. The Balaban J connectivity index is 1.69. The minimum atomic E-state index is -0.268. The van der Waals surface area contributed by atoms with Gasteiger partial charge in [-0.25, -0.2) is 0 Å². The van der Waals surface area contributed by atoms with Crippen molar-refractivity contribution in [2.24, 2.45) is 5.92 Å². The molecule has 3 rings (SSSR count). The van der Waals surface area contributed by atoms with Crippen molar-refractivity contribution in [2.75, 3.05) is 19.8 Å². The molecule has 3 aliphatic rings. The molecule has 0 radical (unpaired) electrons. The molecule has 4 nitrogen and oxygen atoms in total. The molecule has 19 heavy (non-hydrogen) atoms. The van der Waals surface area contributed by atoms with E-state index in [4.69, 9.17) is 9.47 Å². The van der Waals surface area contributed by atoms with Crippen LogP contribution in [0, 0.1) is 5.92 Å². The van der Waals surface area contributed by atoms with Gasteiger partial charge in [0, 0.05) is 13.0 Å². The van der Waals surface area contributed by atoms with Crippen LogP contribution in [0.15, 0.2) is 12.2 Å². The van der Waals surface area contributed by atoms with E-state index in [1.165, 1.54) is 0 Å². The lowest BCUT2D eigenvalue weighted by atomic mass is 9.98. The third kappa shape index (κ3) is 2.70. The minimum Gasteiger partial charge on any atom is -0.376 e. The van der Waals surface area contributed by atoms with Gasteiger partial charge in [-0.05, 0) is 32.6 Å². The highest BCUT2D eigenvalue weighted by molar-refractivity contribution is 5.77. The third-order valence-electron chi connectivity index (χ3n) is 4.29. The van der Waals surface area contributed by atoms with Crippen molar-refractivity contribution in [3.05, 3.63) is 12.2 Å². The zero-order valence-electron chi connectivity index (χ0n) is 11.8. The van der Waals surface area contributed by atoms with Crippen molar-refractivity contribution >= 4 is 5.91 Å². The topological polar surface area (TPSA) is 38.8 Å². The number of fused-ring (bicyclic) bond motifs is 1. The first kappa shape index (κ1) is 13.1. The number of amides is 1. The zero-order chi connectivity index (χ0) is 13.5. The van der Waals surface area contributed by atoms with Crippen LogP contribution in [0.5, 0.6) is 0 Å². The van der Waals surface area contributed by atoms with E-state index in [1.807, 2.05) is 4.90 Å². The van der Waals surface area contributed by atoms with Gasteiger partial charge < -0.3 is 14.4 Å². The maximum atomic E-state index is 12.6. The van der Waals surface area contributed by atoms with Crippen molar-refractivity contribution in [1.82, 2.24) is 4.90 Å². The number of carbonyl (C=O) groups excluding carboxylic acids is 1. The van der Waals surface area contributed by atoms with Crippen LogP contribution in [-0.2, 0) is 14.3 Å². The second-order valence-corrected chi connectivity index (χ2v) is 6.51. The lowest BCUT2D eigenvalue weighted by Gasteiger charge is -2.45. The highest BCUT2D eigenvalue weighted by Gasteiger charge is 2.45. The smallest absolute Gasteiger partial charge is 0.223 e. The van der Waals surface area contributed by atoms with Crippen molar-refractivity contribution < 1.29 is 14.3 Å². The number of carbonyl (C=O) groups is 1. The van der Waals surface area contributed by atoms with Gasteiger partial charge in [-0.3, -0.25) is 4.79 Å². The number of hydrogen-bond acceptors (Lipinski definition) is 3. The molecule has 0 N–H and O–H groups in total. The van der Waals surface area contributed by atoms with Crippen molar-refractivity contribution in [1.29, 1.82) is 0 Å². The molecule has 2 saturated heterocycles. The molecule has 3 atom stereocenters. The first-order chi connectivity index (χ1) is 9.05. The molecule has 2 fully saturated rings. The van der Waals surface area contributed by atoms with E-state index in [2.05, 4.69) is 26.0 Å². The molecule has 0 aromatic carbocycles. The van der Waals surface area contributed by atoms with Crippen LogP contribution in [-0.4, -0.2) is 48.3 Å². The minimum absolute atomic E-state index is 0.0480. The summed E-state index contributed by atoms with van der Waals surface area (Å²) in [7, 11) is 0. The summed E-state index contributed by atoms with van der Waals surface area (Å²) in [5.74, 6) is 0.688. The molecule has 0 aromatic heterocycles. The Kier molecular flexibility index (Phi) is 3.39. The average molecular weight is 265 g/mol. The van der Waals surface area contributed by atoms with Gasteiger partial charge in [0.2, 0.25) is 5.91 Å². The SMILES string of the molecule is CC1(C)CN(C(=O)CC2C=CCC2)[C@@H]2COC[C@H]2O1. The normalized spacial score (nSPS) is 36.5. The van der Waals surface area contributed by atoms with Crippen LogP contribution in [0.4, 0.5) is 0 Å². The Morgan fingerprint density at radius 2 is 2.26 bits per heavy atom. The molecule has 2 heterocycles. The molecule has 2 aliphatic heterocycles. The molecule has 0 saturated carbocycles. The Morgan fingerprint density at radius 3 is 3.00 bits per heavy atom. The van der Waals surface area contributed by atoms with E-state index in [0.717, 1.165) is 12.8 Å². The van der Waals surface area contributed by atoms with Gasteiger partial charge in [0.05, 0.1) is 24.9 Å². The molecule has 4 heteroatoms. The van der Waals surface area contributed by atoms with E-state index in [-0.39, 0.29) is 23.7 Å². The van der Waals surface area contributed by atoms with Crippen molar-refractivity contribution in [3.63, 3.8) is 0 Å². The zero-order valence-corrected chi connectivity index (χ0v) is 11.8. The van der Waals surface area contributed by atoms with Crippen molar-refractivity contribution in [2.45, 2.75) is 50.9 Å². The number of rotatable bonds is 2. The largest absolute Gasteiger partial charge is 0.376 e. The summed E-state index contributed by atoms with van der Waals surface area (Å²) >= 11 is 0. The molecule has 1 aliphatic carbocycles. The lowest BCUT2D eigenvalue weighted by Crippen LogP contribution is -2.60. The molecule has 0 aromatic rings. The highest BCUT2D eigenvalue weighted by Crippen LogP contribution is 2.31. The van der Waals surface area contributed by atoms with Gasteiger partial charge in [-0.1, -0.05) is 12.2 Å². The standard InChI is InChI=1S/C15H23NO3/c1-15(2)10-16(12-8-18-9-13(12)19-15)14(17)7-11-5-3-4-6-11/h3,5,11-13H,4,6-10H2,1-2H3/t11?,12-,13-/m1/s1. The van der Waals surface area contributed by atoms with Crippen molar-refractivity contribution in [3.8, 4) is 0 Å². The number of ether oxygens (including phenoxy) is 2. The van der Waals surface area contributed by atoms with Gasteiger partial charge in [0.1, 0.15) is 6.10 Å². The Labute approximate surface area is 114 Å². The predicted molar refractivity (Wildman–Crippen MR) is 71.8 cm³/mol. The van der Waals surface area contributed by atoms with E-state index < -0.39 is 0 Å². The van der Waals surface area contributed by atoms with E-state index in [0.29, 0.717) is 32.1 Å². The fourth-order valence-electron chi connectivity index (χ4n) is 3.38.